The third-order valence-electron chi connectivity index (χ3n) is 7.25. The van der Waals surface area contributed by atoms with Crippen molar-refractivity contribution >= 4 is 16.6 Å². The van der Waals surface area contributed by atoms with Gasteiger partial charge in [0.15, 0.2) is 0 Å². The zero-order chi connectivity index (χ0) is 22.9. The van der Waals surface area contributed by atoms with E-state index in [2.05, 4.69) is 34.0 Å². The number of hydrogen-bond acceptors (Lipinski definition) is 4. The molecule has 0 bridgehead atoms. The first-order valence-corrected chi connectivity index (χ1v) is 10.9. The van der Waals surface area contributed by atoms with Gasteiger partial charge in [-0.15, -0.1) is 0 Å². The molecule has 2 atom stereocenters. The average Bonchev–Trinajstić information content (AvgIpc) is 3.38. The van der Waals surface area contributed by atoms with Crippen molar-refractivity contribution in [3.8, 4) is 22.3 Å². The zero-order valence-corrected chi connectivity index (χ0v) is 18.0. The average molecular weight is 444 g/mol. The Hall–Kier alpha value is -3.58. The van der Waals surface area contributed by atoms with Gasteiger partial charge in [-0.3, -0.25) is 4.79 Å². The molecule has 2 aliphatic rings. The van der Waals surface area contributed by atoms with E-state index in [1.165, 1.54) is 18.1 Å². The molecule has 1 aliphatic heterocycles. The molecule has 166 valence electrons. The molecule has 1 saturated carbocycles. The minimum Gasteiger partial charge on any atom is -0.383 e. The first-order chi connectivity index (χ1) is 15.9. The number of rotatable bonds is 3. The summed E-state index contributed by atoms with van der Waals surface area (Å²) in [5, 5.41) is 0.407. The maximum Gasteiger partial charge on any atom is 0.256 e. The standard InChI is InChI=1S/C26H22F2N4O/c1-32-12-17-10-26(17,13-32)16-5-2-14(3-6-16)19-9-20(24(29)31-23(19)28)15-4-7-18-21(8-15)22(27)11-30-25(18)33/h2-9,11,17H,10,12-13H2,1H3,(H2,29,31)(H,30,33)/t17-,26+/m0/s1. The molecule has 4 aromatic rings. The van der Waals surface area contributed by atoms with E-state index >= 15 is 0 Å². The van der Waals surface area contributed by atoms with Gasteiger partial charge in [0, 0.05) is 46.6 Å². The monoisotopic (exact) mass is 444 g/mol. The molecule has 2 aromatic carbocycles. The Labute approximate surface area is 188 Å². The maximum atomic E-state index is 14.8. The highest BCUT2D eigenvalue weighted by Crippen LogP contribution is 2.58. The van der Waals surface area contributed by atoms with Crippen LogP contribution in [0.25, 0.3) is 33.0 Å². The van der Waals surface area contributed by atoms with Gasteiger partial charge in [0.25, 0.3) is 5.56 Å². The smallest absolute Gasteiger partial charge is 0.256 e. The Morgan fingerprint density at radius 2 is 1.82 bits per heavy atom. The summed E-state index contributed by atoms with van der Waals surface area (Å²) in [5.74, 6) is -0.497. The molecule has 5 nitrogen and oxygen atoms in total. The number of nitrogens with zero attached hydrogens (tertiary/aromatic N) is 2. The summed E-state index contributed by atoms with van der Waals surface area (Å²) in [6.07, 6.45) is 2.24. The highest BCUT2D eigenvalue weighted by Gasteiger charge is 2.59. The molecule has 3 N–H and O–H groups in total. The maximum absolute atomic E-state index is 14.8. The van der Waals surface area contributed by atoms with Gasteiger partial charge in [-0.1, -0.05) is 30.3 Å². The van der Waals surface area contributed by atoms with E-state index in [1.807, 2.05) is 12.1 Å². The molecule has 7 heteroatoms. The van der Waals surface area contributed by atoms with Gasteiger partial charge in [-0.2, -0.15) is 4.39 Å². The van der Waals surface area contributed by atoms with Crippen molar-refractivity contribution in [3.63, 3.8) is 0 Å². The summed E-state index contributed by atoms with van der Waals surface area (Å²) < 4.78 is 29.2. The largest absolute Gasteiger partial charge is 0.383 e. The number of nitrogen functional groups attached to an aromatic ring is 1. The Balaban J connectivity index is 1.41. The second-order valence-electron chi connectivity index (χ2n) is 9.32. The zero-order valence-electron chi connectivity index (χ0n) is 18.0. The normalized spacial score (nSPS) is 22.0. The van der Waals surface area contributed by atoms with Crippen LogP contribution in [0.3, 0.4) is 0 Å². The number of halogens is 2. The van der Waals surface area contributed by atoms with Crippen molar-refractivity contribution < 1.29 is 8.78 Å². The fourth-order valence-electron chi connectivity index (χ4n) is 5.49. The van der Waals surface area contributed by atoms with E-state index in [-0.39, 0.29) is 27.6 Å². The van der Waals surface area contributed by atoms with Crippen LogP contribution in [0.2, 0.25) is 0 Å². The predicted molar refractivity (Wildman–Crippen MR) is 125 cm³/mol. The van der Waals surface area contributed by atoms with Crippen molar-refractivity contribution in [1.82, 2.24) is 14.9 Å². The lowest BCUT2D eigenvalue weighted by atomic mass is 9.92. The van der Waals surface area contributed by atoms with Crippen LogP contribution in [0.5, 0.6) is 0 Å². The number of nitrogens with one attached hydrogen (secondary N) is 1. The number of pyridine rings is 2. The Morgan fingerprint density at radius 3 is 2.55 bits per heavy atom. The second-order valence-corrected chi connectivity index (χ2v) is 9.32. The number of likely N-dealkylation sites (tertiary alicyclic amines) is 1. The summed E-state index contributed by atoms with van der Waals surface area (Å²) in [7, 11) is 2.15. The van der Waals surface area contributed by atoms with Crippen molar-refractivity contribution in [2.24, 2.45) is 5.92 Å². The van der Waals surface area contributed by atoms with Crippen LogP contribution in [0.15, 0.2) is 59.5 Å². The van der Waals surface area contributed by atoms with Crippen molar-refractivity contribution in [3.05, 3.63) is 82.4 Å². The van der Waals surface area contributed by atoms with Crippen LogP contribution in [0, 0.1) is 17.7 Å². The summed E-state index contributed by atoms with van der Waals surface area (Å²) in [4.78, 5) is 20.6. The van der Waals surface area contributed by atoms with Gasteiger partial charge in [-0.05, 0) is 54.3 Å². The van der Waals surface area contributed by atoms with E-state index in [9.17, 15) is 13.6 Å². The van der Waals surface area contributed by atoms with Gasteiger partial charge in [-0.25, -0.2) is 9.37 Å². The number of aromatic nitrogens is 2. The van der Waals surface area contributed by atoms with Gasteiger partial charge < -0.3 is 15.6 Å². The first-order valence-electron chi connectivity index (χ1n) is 10.9. The molecule has 33 heavy (non-hydrogen) atoms. The van der Waals surface area contributed by atoms with Gasteiger partial charge >= 0.3 is 0 Å². The van der Waals surface area contributed by atoms with E-state index < -0.39 is 11.8 Å². The number of fused-ring (bicyclic) bond motifs is 2. The number of hydrogen-bond donors (Lipinski definition) is 2. The van der Waals surface area contributed by atoms with Crippen LogP contribution in [0.1, 0.15) is 12.0 Å². The molecule has 2 fully saturated rings. The number of nitrogens with two attached hydrogens (primary N) is 1. The van der Waals surface area contributed by atoms with Gasteiger partial charge in [0.1, 0.15) is 11.6 Å². The number of aromatic amines is 1. The van der Waals surface area contributed by atoms with Crippen molar-refractivity contribution in [2.75, 3.05) is 25.9 Å². The number of likely N-dealkylation sites (N-methyl/N-ethyl adjacent to an activating group) is 1. The van der Waals surface area contributed by atoms with E-state index in [1.54, 1.807) is 18.2 Å². The third-order valence-corrected chi connectivity index (χ3v) is 7.25. The summed E-state index contributed by atoms with van der Waals surface area (Å²) >= 11 is 0. The Bertz CT molecular complexity index is 1480. The van der Waals surface area contributed by atoms with E-state index in [0.717, 1.165) is 19.3 Å². The molecule has 0 unspecified atom stereocenters. The van der Waals surface area contributed by atoms with E-state index in [0.29, 0.717) is 28.2 Å². The molecule has 1 saturated heterocycles. The highest BCUT2D eigenvalue weighted by molar-refractivity contribution is 5.89. The van der Waals surface area contributed by atoms with Gasteiger partial charge in [0.05, 0.1) is 0 Å². The Morgan fingerprint density at radius 1 is 1.06 bits per heavy atom. The molecule has 1 aliphatic carbocycles. The number of piperidine rings is 1. The quantitative estimate of drug-likeness (QED) is 0.462. The Kier molecular flexibility index (Phi) is 4.23. The third kappa shape index (κ3) is 3.07. The lowest BCUT2D eigenvalue weighted by molar-refractivity contribution is 0.363. The molecule has 2 aromatic heterocycles. The second kappa shape index (κ2) is 6.96. The molecule has 0 amide bonds. The van der Waals surface area contributed by atoms with Crippen molar-refractivity contribution in [1.29, 1.82) is 0 Å². The molecule has 0 radical (unpaired) electrons. The molecular formula is C26H22F2N4O. The van der Waals surface area contributed by atoms with Crippen LogP contribution in [0.4, 0.5) is 14.6 Å². The molecule has 3 heterocycles. The minimum atomic E-state index is -0.657. The van der Waals surface area contributed by atoms with Crippen LogP contribution < -0.4 is 11.3 Å². The van der Waals surface area contributed by atoms with Crippen LogP contribution >= 0.6 is 0 Å². The fourth-order valence-corrected chi connectivity index (χ4v) is 5.49. The fraction of sp³-hybridized carbons (Fsp3) is 0.231. The number of H-pyrrole nitrogens is 1. The minimum absolute atomic E-state index is 0.00572. The number of anilines is 1. The molecule has 6 rings (SSSR count). The SMILES string of the molecule is CN1C[C@@H]2C[C@]2(c2ccc(-c3cc(-c4ccc5c(=O)[nH]cc(F)c5c4)c(N)nc3F)cc2)C1. The summed E-state index contributed by atoms with van der Waals surface area (Å²) in [6, 6.07) is 14.4. The van der Waals surface area contributed by atoms with Crippen LogP contribution in [-0.2, 0) is 5.41 Å². The summed E-state index contributed by atoms with van der Waals surface area (Å²) in [5.41, 5.74) is 9.26. The van der Waals surface area contributed by atoms with Crippen molar-refractivity contribution in [2.45, 2.75) is 11.8 Å². The summed E-state index contributed by atoms with van der Waals surface area (Å²) in [6.45, 7) is 2.18. The lowest BCUT2D eigenvalue weighted by Gasteiger charge is -2.17. The topological polar surface area (TPSA) is 75.0 Å². The van der Waals surface area contributed by atoms with E-state index in [4.69, 9.17) is 5.73 Å². The predicted octanol–water partition coefficient (Wildman–Crippen LogP) is 4.32. The lowest BCUT2D eigenvalue weighted by Crippen LogP contribution is -2.22. The van der Waals surface area contributed by atoms with Gasteiger partial charge in [0.2, 0.25) is 5.95 Å². The number of benzene rings is 2. The first kappa shape index (κ1) is 20.1. The molecular weight excluding hydrogens is 422 g/mol. The highest BCUT2D eigenvalue weighted by atomic mass is 19.1. The van der Waals surface area contributed by atoms with Crippen LogP contribution in [-0.4, -0.2) is 35.0 Å². The molecule has 0 spiro atoms.